The van der Waals surface area contributed by atoms with Crippen molar-refractivity contribution < 1.29 is 9.53 Å². The van der Waals surface area contributed by atoms with Crippen LogP contribution in [0.4, 0.5) is 0 Å². The van der Waals surface area contributed by atoms with E-state index in [4.69, 9.17) is 4.74 Å². The van der Waals surface area contributed by atoms with E-state index in [1.807, 2.05) is 25.1 Å². The highest BCUT2D eigenvalue weighted by Gasteiger charge is 2.24. The first kappa shape index (κ1) is 15.1. The number of carbonyl (C=O) groups is 1. The molecule has 0 aromatic carbocycles. The number of esters is 1. The van der Waals surface area contributed by atoms with Gasteiger partial charge in [0.05, 0.1) is 12.8 Å². The lowest BCUT2D eigenvalue weighted by atomic mass is 9.99. The second-order valence-electron chi connectivity index (χ2n) is 4.22. The zero-order valence-electron chi connectivity index (χ0n) is 10.9. The van der Waals surface area contributed by atoms with E-state index in [1.54, 1.807) is 0 Å². The van der Waals surface area contributed by atoms with Crippen molar-refractivity contribution in [1.82, 2.24) is 10.3 Å². The SMILES string of the molecule is CCC(C)C(NCc1cccc(Br)n1)C(=O)OC. The Bertz CT molecular complexity index is 398. The highest BCUT2D eigenvalue weighted by Crippen LogP contribution is 2.11. The Morgan fingerprint density at radius 2 is 2.28 bits per heavy atom. The summed E-state index contributed by atoms with van der Waals surface area (Å²) in [4.78, 5) is 16.0. The summed E-state index contributed by atoms with van der Waals surface area (Å²) in [7, 11) is 1.41. The molecule has 0 amide bonds. The maximum atomic E-state index is 11.7. The lowest BCUT2D eigenvalue weighted by Gasteiger charge is -2.21. The number of hydrogen-bond acceptors (Lipinski definition) is 4. The predicted octanol–water partition coefficient (Wildman–Crippen LogP) is 2.52. The van der Waals surface area contributed by atoms with Crippen molar-refractivity contribution >= 4 is 21.9 Å². The monoisotopic (exact) mass is 314 g/mol. The molecule has 0 aliphatic heterocycles. The Kier molecular flexibility index (Phi) is 6.29. The maximum Gasteiger partial charge on any atom is 0.323 e. The second-order valence-corrected chi connectivity index (χ2v) is 5.03. The molecule has 1 aromatic rings. The summed E-state index contributed by atoms with van der Waals surface area (Å²) in [5.74, 6) is 0.00366. The Morgan fingerprint density at radius 1 is 1.56 bits per heavy atom. The molecule has 1 aromatic heterocycles. The number of pyridine rings is 1. The number of nitrogens with zero attached hydrogens (tertiary/aromatic N) is 1. The minimum Gasteiger partial charge on any atom is -0.468 e. The van der Waals surface area contributed by atoms with Crippen molar-refractivity contribution in [1.29, 1.82) is 0 Å². The number of hydrogen-bond donors (Lipinski definition) is 1. The zero-order valence-corrected chi connectivity index (χ0v) is 12.5. The summed E-state index contributed by atoms with van der Waals surface area (Å²) in [5.41, 5.74) is 0.890. The van der Waals surface area contributed by atoms with Gasteiger partial charge in [-0.15, -0.1) is 0 Å². The van der Waals surface area contributed by atoms with Crippen molar-refractivity contribution in [2.45, 2.75) is 32.9 Å². The summed E-state index contributed by atoms with van der Waals surface area (Å²) in [6.07, 6.45) is 0.915. The fourth-order valence-electron chi connectivity index (χ4n) is 1.64. The minimum absolute atomic E-state index is 0.223. The highest BCUT2D eigenvalue weighted by molar-refractivity contribution is 9.10. The molecule has 5 heteroatoms. The van der Waals surface area contributed by atoms with Gasteiger partial charge in [-0.1, -0.05) is 26.3 Å². The van der Waals surface area contributed by atoms with Gasteiger partial charge in [0.15, 0.2) is 0 Å². The van der Waals surface area contributed by atoms with Crippen LogP contribution in [-0.4, -0.2) is 24.1 Å². The average molecular weight is 315 g/mol. The van der Waals surface area contributed by atoms with E-state index >= 15 is 0 Å². The summed E-state index contributed by atoms with van der Waals surface area (Å²) in [6, 6.07) is 5.42. The molecule has 100 valence electrons. The average Bonchev–Trinajstić information content (AvgIpc) is 2.38. The Hall–Kier alpha value is -0.940. The molecule has 0 fully saturated rings. The quantitative estimate of drug-likeness (QED) is 0.647. The first-order chi connectivity index (χ1) is 8.58. The molecule has 0 saturated heterocycles. The molecule has 0 bridgehead atoms. The van der Waals surface area contributed by atoms with Crippen molar-refractivity contribution in [2.24, 2.45) is 5.92 Å². The van der Waals surface area contributed by atoms with Gasteiger partial charge in [0.1, 0.15) is 10.6 Å². The van der Waals surface area contributed by atoms with Crippen molar-refractivity contribution in [3.05, 3.63) is 28.5 Å². The van der Waals surface area contributed by atoms with Gasteiger partial charge in [-0.2, -0.15) is 0 Å². The Balaban J connectivity index is 2.64. The van der Waals surface area contributed by atoms with E-state index in [-0.39, 0.29) is 17.9 Å². The topological polar surface area (TPSA) is 51.2 Å². The number of aromatic nitrogens is 1. The minimum atomic E-state index is -0.291. The molecule has 0 spiro atoms. The summed E-state index contributed by atoms with van der Waals surface area (Å²) in [6.45, 7) is 4.63. The van der Waals surface area contributed by atoms with Crippen LogP contribution in [0.3, 0.4) is 0 Å². The van der Waals surface area contributed by atoms with E-state index < -0.39 is 0 Å². The van der Waals surface area contributed by atoms with Gasteiger partial charge < -0.3 is 4.74 Å². The fourth-order valence-corrected chi connectivity index (χ4v) is 2.02. The van der Waals surface area contributed by atoms with Gasteiger partial charge >= 0.3 is 5.97 Å². The maximum absolute atomic E-state index is 11.7. The van der Waals surface area contributed by atoms with Crippen LogP contribution in [0.2, 0.25) is 0 Å². The van der Waals surface area contributed by atoms with Crippen LogP contribution in [0.15, 0.2) is 22.8 Å². The number of rotatable bonds is 6. The smallest absolute Gasteiger partial charge is 0.323 e. The summed E-state index contributed by atoms with van der Waals surface area (Å²) >= 11 is 3.32. The molecule has 1 rings (SSSR count). The lowest BCUT2D eigenvalue weighted by Crippen LogP contribution is -2.42. The molecule has 0 saturated carbocycles. The van der Waals surface area contributed by atoms with Crippen molar-refractivity contribution in [3.63, 3.8) is 0 Å². The van der Waals surface area contributed by atoms with Gasteiger partial charge in [0.25, 0.3) is 0 Å². The molecule has 0 aliphatic carbocycles. The predicted molar refractivity (Wildman–Crippen MR) is 74.0 cm³/mol. The summed E-state index contributed by atoms with van der Waals surface area (Å²) in [5, 5.41) is 3.21. The van der Waals surface area contributed by atoms with E-state index in [0.717, 1.165) is 16.7 Å². The fraction of sp³-hybridized carbons (Fsp3) is 0.538. The third-order valence-corrected chi connectivity index (χ3v) is 3.39. The van der Waals surface area contributed by atoms with Gasteiger partial charge in [-0.05, 0) is 34.0 Å². The van der Waals surface area contributed by atoms with Crippen molar-refractivity contribution in [3.8, 4) is 0 Å². The molecular formula is C13H19BrN2O2. The molecule has 0 radical (unpaired) electrons. The molecule has 2 atom stereocenters. The third kappa shape index (κ3) is 4.38. The molecular weight excluding hydrogens is 296 g/mol. The van der Waals surface area contributed by atoms with Crippen LogP contribution >= 0.6 is 15.9 Å². The van der Waals surface area contributed by atoms with E-state index in [1.165, 1.54) is 7.11 Å². The van der Waals surface area contributed by atoms with E-state index in [0.29, 0.717) is 6.54 Å². The highest BCUT2D eigenvalue weighted by atomic mass is 79.9. The number of halogens is 1. The summed E-state index contributed by atoms with van der Waals surface area (Å²) < 4.78 is 5.61. The lowest BCUT2D eigenvalue weighted by molar-refractivity contribution is -0.144. The van der Waals surface area contributed by atoms with Crippen LogP contribution in [0.25, 0.3) is 0 Å². The van der Waals surface area contributed by atoms with Crippen LogP contribution in [-0.2, 0) is 16.1 Å². The van der Waals surface area contributed by atoms with Crippen molar-refractivity contribution in [2.75, 3.05) is 7.11 Å². The molecule has 0 aliphatic rings. The van der Waals surface area contributed by atoms with E-state index in [2.05, 4.69) is 33.2 Å². The van der Waals surface area contributed by atoms with Crippen LogP contribution in [0, 0.1) is 5.92 Å². The molecule has 1 heterocycles. The largest absolute Gasteiger partial charge is 0.468 e. The number of ether oxygens (including phenoxy) is 1. The Labute approximate surface area is 116 Å². The first-order valence-electron chi connectivity index (χ1n) is 6.01. The second kappa shape index (κ2) is 7.48. The Morgan fingerprint density at radius 3 is 2.83 bits per heavy atom. The zero-order chi connectivity index (χ0) is 13.5. The first-order valence-corrected chi connectivity index (χ1v) is 6.80. The number of methoxy groups -OCH3 is 1. The van der Waals surface area contributed by atoms with Crippen LogP contribution < -0.4 is 5.32 Å². The van der Waals surface area contributed by atoms with Crippen LogP contribution in [0.5, 0.6) is 0 Å². The third-order valence-electron chi connectivity index (χ3n) is 2.94. The number of carbonyl (C=O) groups excluding carboxylic acids is 1. The standard InChI is InChI=1S/C13H19BrN2O2/c1-4-9(2)12(13(17)18-3)15-8-10-6-5-7-11(14)16-10/h5-7,9,12,15H,4,8H2,1-3H3. The number of nitrogens with one attached hydrogen (secondary N) is 1. The van der Waals surface area contributed by atoms with Gasteiger partial charge in [-0.25, -0.2) is 4.98 Å². The molecule has 1 N–H and O–H groups in total. The molecule has 2 unspecified atom stereocenters. The van der Waals surface area contributed by atoms with E-state index in [9.17, 15) is 4.79 Å². The molecule has 18 heavy (non-hydrogen) atoms. The normalized spacial score (nSPS) is 14.0. The molecule has 4 nitrogen and oxygen atoms in total. The van der Waals surface area contributed by atoms with Gasteiger partial charge in [0, 0.05) is 6.54 Å². The van der Waals surface area contributed by atoms with Gasteiger partial charge in [0.2, 0.25) is 0 Å². The van der Waals surface area contributed by atoms with Crippen LogP contribution in [0.1, 0.15) is 26.0 Å². The van der Waals surface area contributed by atoms with Gasteiger partial charge in [-0.3, -0.25) is 10.1 Å².